The van der Waals surface area contributed by atoms with Gasteiger partial charge in [0.15, 0.2) is 0 Å². The smallest absolute Gasteiger partial charge is 0.414 e. The molecule has 2 aromatic rings. The van der Waals surface area contributed by atoms with Crippen LogP contribution in [0.15, 0.2) is 54.6 Å². The van der Waals surface area contributed by atoms with E-state index in [0.29, 0.717) is 19.6 Å². The van der Waals surface area contributed by atoms with Gasteiger partial charge in [0.1, 0.15) is 6.61 Å². The summed E-state index contributed by atoms with van der Waals surface area (Å²) in [5.41, 5.74) is 3.03. The predicted molar refractivity (Wildman–Crippen MR) is 136 cm³/mol. The van der Waals surface area contributed by atoms with E-state index < -0.39 is 0 Å². The molecule has 0 N–H and O–H groups in total. The Balaban J connectivity index is 1.56. The molecule has 0 aliphatic carbocycles. The van der Waals surface area contributed by atoms with Crippen molar-refractivity contribution in [1.82, 2.24) is 0 Å². The molecule has 0 saturated carbocycles. The Hall–Kier alpha value is -3.02. The number of piperidine rings is 1. The zero-order valence-corrected chi connectivity index (χ0v) is 20.4. The van der Waals surface area contributed by atoms with E-state index in [1.54, 1.807) is 4.90 Å². The van der Waals surface area contributed by atoms with Crippen molar-refractivity contribution in [1.29, 1.82) is 0 Å². The van der Waals surface area contributed by atoms with Gasteiger partial charge in [-0.1, -0.05) is 43.2 Å². The number of carbonyl (C=O) groups is 2. The number of rotatable bonds is 12. The molecular weight excluding hydrogens is 428 g/mol. The van der Waals surface area contributed by atoms with Crippen LogP contribution in [0.1, 0.15) is 63.9 Å². The van der Waals surface area contributed by atoms with Crippen molar-refractivity contribution in [2.24, 2.45) is 0 Å². The highest BCUT2D eigenvalue weighted by Crippen LogP contribution is 2.25. The molecule has 0 bridgehead atoms. The van der Waals surface area contributed by atoms with Crippen molar-refractivity contribution in [2.45, 2.75) is 64.9 Å². The van der Waals surface area contributed by atoms with E-state index in [9.17, 15) is 9.59 Å². The lowest BCUT2D eigenvalue weighted by molar-refractivity contribution is -0.143. The second kappa shape index (κ2) is 14.3. The number of amides is 1. The van der Waals surface area contributed by atoms with Crippen LogP contribution in [0.25, 0.3) is 0 Å². The number of anilines is 2. The van der Waals surface area contributed by atoms with Crippen LogP contribution in [0.5, 0.6) is 0 Å². The number of unbranched alkanes of at least 4 members (excludes halogenated alkanes) is 3. The maximum Gasteiger partial charge on any atom is 0.414 e. The van der Waals surface area contributed by atoms with Gasteiger partial charge in [0.2, 0.25) is 0 Å². The van der Waals surface area contributed by atoms with Gasteiger partial charge < -0.3 is 14.4 Å². The van der Waals surface area contributed by atoms with Gasteiger partial charge in [-0.3, -0.25) is 9.69 Å². The Kier molecular flexibility index (Phi) is 10.8. The van der Waals surface area contributed by atoms with E-state index in [-0.39, 0.29) is 18.7 Å². The van der Waals surface area contributed by atoms with E-state index >= 15 is 0 Å². The molecule has 1 amide bonds. The molecule has 34 heavy (non-hydrogen) atoms. The summed E-state index contributed by atoms with van der Waals surface area (Å²) in [5.74, 6) is -0.137. The highest BCUT2D eigenvalue weighted by molar-refractivity contribution is 5.87. The van der Waals surface area contributed by atoms with Crippen LogP contribution in [0.3, 0.4) is 0 Å². The summed E-state index contributed by atoms with van der Waals surface area (Å²) in [7, 11) is 0. The van der Waals surface area contributed by atoms with Crippen LogP contribution in [-0.4, -0.2) is 38.3 Å². The monoisotopic (exact) mass is 466 g/mol. The van der Waals surface area contributed by atoms with Crippen LogP contribution >= 0.6 is 0 Å². The number of nitrogens with zero attached hydrogens (tertiary/aromatic N) is 2. The first kappa shape index (κ1) is 25.6. The maximum absolute atomic E-state index is 13.0. The molecule has 1 saturated heterocycles. The molecule has 0 aromatic heterocycles. The van der Waals surface area contributed by atoms with E-state index in [1.165, 1.54) is 24.9 Å². The summed E-state index contributed by atoms with van der Waals surface area (Å²) in [5, 5.41) is 0. The summed E-state index contributed by atoms with van der Waals surface area (Å²) in [6.07, 6.45) is 7.41. The molecule has 6 heteroatoms. The van der Waals surface area contributed by atoms with Crippen LogP contribution in [0, 0.1) is 0 Å². The van der Waals surface area contributed by atoms with Gasteiger partial charge in [-0.15, -0.1) is 0 Å². The lowest BCUT2D eigenvalue weighted by Crippen LogP contribution is -2.33. The average Bonchev–Trinajstić information content (AvgIpc) is 2.88. The first-order chi connectivity index (χ1) is 16.7. The summed E-state index contributed by atoms with van der Waals surface area (Å²) >= 11 is 0. The fourth-order valence-electron chi connectivity index (χ4n) is 4.24. The third kappa shape index (κ3) is 8.40. The number of carbonyl (C=O) groups excluding carboxylic acids is 2. The molecule has 1 aliphatic rings. The normalized spacial score (nSPS) is 13.4. The van der Waals surface area contributed by atoms with Gasteiger partial charge in [0.25, 0.3) is 0 Å². The minimum Gasteiger partial charge on any atom is -0.466 e. The van der Waals surface area contributed by atoms with Crippen LogP contribution < -0.4 is 9.80 Å². The first-order valence-corrected chi connectivity index (χ1v) is 12.7. The number of hydrogen-bond acceptors (Lipinski definition) is 5. The fraction of sp³-hybridized carbons (Fsp3) is 0.500. The topological polar surface area (TPSA) is 59.1 Å². The van der Waals surface area contributed by atoms with Crippen molar-refractivity contribution in [3.8, 4) is 0 Å². The van der Waals surface area contributed by atoms with Crippen LogP contribution in [0.4, 0.5) is 16.2 Å². The second-order valence-electron chi connectivity index (χ2n) is 8.73. The SMILES string of the molecule is CCOC(=O)CCCCCCN(C(=O)OCc1ccccc1)c1ccc(N2CCCCC2)cc1. The molecule has 0 spiro atoms. The average molecular weight is 467 g/mol. The number of benzene rings is 2. The molecule has 184 valence electrons. The Labute approximate surface area is 203 Å². The van der Waals surface area contributed by atoms with E-state index in [1.807, 2.05) is 49.4 Å². The van der Waals surface area contributed by atoms with Crippen molar-refractivity contribution in [3.05, 3.63) is 60.2 Å². The van der Waals surface area contributed by atoms with Gasteiger partial charge in [-0.2, -0.15) is 0 Å². The van der Waals surface area contributed by atoms with Gasteiger partial charge in [0.05, 0.1) is 6.61 Å². The minimum atomic E-state index is -0.332. The Morgan fingerprint density at radius 1 is 0.853 bits per heavy atom. The summed E-state index contributed by atoms with van der Waals surface area (Å²) < 4.78 is 10.6. The quantitative estimate of drug-likeness (QED) is 0.270. The van der Waals surface area contributed by atoms with E-state index in [4.69, 9.17) is 9.47 Å². The fourth-order valence-corrected chi connectivity index (χ4v) is 4.24. The Bertz CT molecular complexity index is 864. The summed E-state index contributed by atoms with van der Waals surface area (Å²) in [4.78, 5) is 28.7. The Morgan fingerprint density at radius 3 is 2.26 bits per heavy atom. The summed E-state index contributed by atoms with van der Waals surface area (Å²) in [6.45, 7) is 5.26. The third-order valence-corrected chi connectivity index (χ3v) is 6.13. The summed E-state index contributed by atoms with van der Waals surface area (Å²) in [6, 6.07) is 18.0. The largest absolute Gasteiger partial charge is 0.466 e. The van der Waals surface area contributed by atoms with Crippen molar-refractivity contribution >= 4 is 23.4 Å². The predicted octanol–water partition coefficient (Wildman–Crippen LogP) is 6.33. The number of esters is 1. The highest BCUT2D eigenvalue weighted by atomic mass is 16.6. The second-order valence-corrected chi connectivity index (χ2v) is 8.73. The van der Waals surface area contributed by atoms with Crippen LogP contribution in [0.2, 0.25) is 0 Å². The van der Waals surface area contributed by atoms with Gasteiger partial charge in [0, 0.05) is 37.4 Å². The van der Waals surface area contributed by atoms with E-state index in [0.717, 1.165) is 50.0 Å². The molecule has 2 aromatic carbocycles. The molecule has 3 rings (SSSR count). The molecule has 1 heterocycles. The van der Waals surface area contributed by atoms with Crippen molar-refractivity contribution < 1.29 is 19.1 Å². The standard InChI is InChI=1S/C28H38N2O4/c1-2-33-27(31)15-9-3-4-12-22-30(28(32)34-23-24-13-7-5-8-14-24)26-18-16-25(17-19-26)29-20-10-6-11-21-29/h5,7-8,13-14,16-19H,2-4,6,9-12,15,20-23H2,1H3. The zero-order chi connectivity index (χ0) is 24.0. The molecule has 0 unspecified atom stereocenters. The molecule has 6 nitrogen and oxygen atoms in total. The first-order valence-electron chi connectivity index (χ1n) is 12.7. The molecule has 1 fully saturated rings. The van der Waals surface area contributed by atoms with Gasteiger partial charge >= 0.3 is 12.1 Å². The maximum atomic E-state index is 13.0. The zero-order valence-electron chi connectivity index (χ0n) is 20.4. The molecule has 0 radical (unpaired) electrons. The number of ether oxygens (including phenoxy) is 2. The third-order valence-electron chi connectivity index (χ3n) is 6.13. The van der Waals surface area contributed by atoms with E-state index in [2.05, 4.69) is 17.0 Å². The van der Waals surface area contributed by atoms with Gasteiger partial charge in [-0.05, 0) is 68.9 Å². The van der Waals surface area contributed by atoms with Crippen LogP contribution in [-0.2, 0) is 20.9 Å². The van der Waals surface area contributed by atoms with Crippen molar-refractivity contribution in [2.75, 3.05) is 36.0 Å². The lowest BCUT2D eigenvalue weighted by Gasteiger charge is -2.29. The molecule has 0 atom stereocenters. The minimum absolute atomic E-state index is 0.137. The highest BCUT2D eigenvalue weighted by Gasteiger charge is 2.18. The lowest BCUT2D eigenvalue weighted by atomic mass is 10.1. The van der Waals surface area contributed by atoms with Crippen molar-refractivity contribution in [3.63, 3.8) is 0 Å². The van der Waals surface area contributed by atoms with Gasteiger partial charge in [-0.25, -0.2) is 4.79 Å². The number of hydrogen-bond donors (Lipinski definition) is 0. The molecular formula is C28H38N2O4. The molecule has 1 aliphatic heterocycles. The Morgan fingerprint density at radius 2 is 1.56 bits per heavy atom.